The first-order chi connectivity index (χ1) is 17.3. The zero-order chi connectivity index (χ0) is 27.0. The Bertz CT molecular complexity index is 1410. The van der Waals surface area contributed by atoms with E-state index in [-0.39, 0.29) is 42.9 Å². The molecule has 0 radical (unpaired) electrons. The van der Waals surface area contributed by atoms with Gasteiger partial charge in [-0.25, -0.2) is 13.2 Å². The van der Waals surface area contributed by atoms with E-state index in [1.807, 2.05) is 0 Å². The van der Waals surface area contributed by atoms with Crippen LogP contribution in [-0.2, 0) is 14.8 Å². The smallest absolute Gasteiger partial charge is 0.478 e. The second kappa shape index (κ2) is 9.63. The number of alkyl halides is 3. The number of carboxylic acid groups (broad SMARTS) is 1. The van der Waals surface area contributed by atoms with Crippen molar-refractivity contribution < 1.29 is 41.0 Å². The Balaban J connectivity index is 1.46. The third-order valence-corrected chi connectivity index (χ3v) is 7.73. The highest BCUT2D eigenvalue weighted by Gasteiger charge is 2.47. The van der Waals surface area contributed by atoms with Crippen LogP contribution in [0.4, 0.5) is 13.2 Å². The van der Waals surface area contributed by atoms with Crippen LogP contribution in [-0.4, -0.2) is 60.5 Å². The number of rotatable bonds is 6. The number of aromatic carboxylic acids is 1. The fourth-order valence-electron chi connectivity index (χ4n) is 4.18. The molecule has 1 amide bonds. The van der Waals surface area contributed by atoms with Crippen LogP contribution < -0.4 is 10.1 Å². The Labute approximate surface area is 210 Å². The number of benzene rings is 2. The van der Waals surface area contributed by atoms with Gasteiger partial charge < -0.3 is 15.2 Å². The zero-order valence-electron chi connectivity index (χ0n) is 19.4. The molecule has 1 spiro atoms. The van der Waals surface area contributed by atoms with E-state index in [0.29, 0.717) is 11.1 Å². The number of carbonyl (C=O) groups is 2. The van der Waals surface area contributed by atoms with Gasteiger partial charge in [0.15, 0.2) is 0 Å². The van der Waals surface area contributed by atoms with Crippen LogP contribution in [0.3, 0.4) is 0 Å². The summed E-state index contributed by atoms with van der Waals surface area (Å²) in [5.41, 5.74) is 0.235. The number of carboxylic acids is 1. The van der Waals surface area contributed by atoms with E-state index in [1.165, 1.54) is 40.7 Å². The first kappa shape index (κ1) is 26.4. The van der Waals surface area contributed by atoms with E-state index < -0.39 is 39.6 Å². The molecule has 4 rings (SSSR count). The molecule has 2 heterocycles. The molecule has 196 valence electrons. The van der Waals surface area contributed by atoms with Gasteiger partial charge in [0, 0.05) is 24.1 Å². The predicted molar refractivity (Wildman–Crippen MR) is 127 cm³/mol. The van der Waals surface area contributed by atoms with Crippen molar-refractivity contribution in [3.63, 3.8) is 0 Å². The second-order valence-electron chi connectivity index (χ2n) is 8.65. The molecule has 0 aliphatic carbocycles. The van der Waals surface area contributed by atoms with Gasteiger partial charge in [0.25, 0.3) is 5.91 Å². The van der Waals surface area contributed by atoms with Crippen LogP contribution in [0.25, 0.3) is 6.08 Å². The van der Waals surface area contributed by atoms with Crippen molar-refractivity contribution in [1.82, 2.24) is 9.62 Å². The van der Waals surface area contributed by atoms with Crippen molar-refractivity contribution in [1.29, 1.82) is 0 Å². The van der Waals surface area contributed by atoms with Gasteiger partial charge >= 0.3 is 12.3 Å². The largest absolute Gasteiger partial charge is 0.573 e. The molecule has 1 fully saturated rings. The minimum atomic E-state index is -4.87. The van der Waals surface area contributed by atoms with Crippen molar-refractivity contribution in [2.75, 3.05) is 13.1 Å². The molecule has 2 aliphatic rings. The Morgan fingerprint density at radius 1 is 1.19 bits per heavy atom. The minimum absolute atomic E-state index is 0.00499. The molecule has 0 bridgehead atoms. The van der Waals surface area contributed by atoms with Crippen molar-refractivity contribution in [3.05, 3.63) is 70.1 Å². The first-order valence-electron chi connectivity index (χ1n) is 11.1. The maximum atomic E-state index is 12.9. The molecular weight excluding hydrogens is 515 g/mol. The average Bonchev–Trinajstić information content (AvgIpc) is 3.13. The number of nitrogens with one attached hydrogen (secondary N) is 1. The van der Waals surface area contributed by atoms with Crippen LogP contribution in [0.15, 0.2) is 52.9 Å². The highest BCUT2D eigenvalue weighted by atomic mass is 32.2. The van der Waals surface area contributed by atoms with Crippen molar-refractivity contribution in [2.24, 2.45) is 4.99 Å². The van der Waals surface area contributed by atoms with E-state index in [1.54, 1.807) is 6.92 Å². The Kier molecular flexibility index (Phi) is 6.86. The van der Waals surface area contributed by atoms with Gasteiger partial charge in [0.2, 0.25) is 10.0 Å². The number of ether oxygens (including phenoxy) is 1. The van der Waals surface area contributed by atoms with Crippen LogP contribution in [0.5, 0.6) is 5.75 Å². The van der Waals surface area contributed by atoms with Crippen molar-refractivity contribution in [3.8, 4) is 5.75 Å². The van der Waals surface area contributed by atoms with E-state index in [4.69, 9.17) is 5.11 Å². The molecule has 1 saturated heterocycles. The van der Waals surface area contributed by atoms with E-state index >= 15 is 0 Å². The lowest BCUT2D eigenvalue weighted by Gasteiger charge is -2.34. The SMILES string of the molecule is Cc1cc(C(=O)O)ccc1C=CS(=O)(=O)N1CCC2(CC1)N=C(c1cccc(OC(F)(F)F)c1)NC2=O. The number of amidine groups is 1. The summed E-state index contributed by atoms with van der Waals surface area (Å²) in [6.07, 6.45) is -3.32. The number of amides is 1. The van der Waals surface area contributed by atoms with Crippen molar-refractivity contribution >= 4 is 33.8 Å². The lowest BCUT2D eigenvalue weighted by molar-refractivity contribution is -0.274. The Hall–Kier alpha value is -3.71. The highest BCUT2D eigenvalue weighted by Crippen LogP contribution is 2.33. The molecule has 0 unspecified atom stereocenters. The van der Waals surface area contributed by atoms with Gasteiger partial charge in [-0.3, -0.25) is 9.79 Å². The molecular formula is C24H22F3N3O6S. The number of piperidine rings is 1. The minimum Gasteiger partial charge on any atom is -0.478 e. The lowest BCUT2D eigenvalue weighted by atomic mass is 9.89. The first-order valence-corrected chi connectivity index (χ1v) is 12.6. The number of halogens is 3. The second-order valence-corrected chi connectivity index (χ2v) is 10.5. The average molecular weight is 538 g/mol. The standard InChI is InChI=1S/C24H22F3N3O6S/c1-15-13-18(21(31)32)6-5-16(15)7-12-37(34,35)30-10-8-23(9-11-30)22(33)28-20(29-23)17-3-2-4-19(14-17)36-24(25,26)27/h2-7,12-14H,8-11H2,1H3,(H,31,32)(H,28,29,33). The number of sulfonamides is 1. The van der Waals surface area contributed by atoms with Crippen LogP contribution in [0, 0.1) is 6.92 Å². The van der Waals surface area contributed by atoms with Crippen LogP contribution >= 0.6 is 0 Å². The fraction of sp³-hybridized carbons (Fsp3) is 0.292. The number of nitrogens with zero attached hydrogens (tertiary/aromatic N) is 2. The lowest BCUT2D eigenvalue weighted by Crippen LogP contribution is -2.50. The van der Waals surface area contributed by atoms with E-state index in [2.05, 4.69) is 15.0 Å². The zero-order valence-corrected chi connectivity index (χ0v) is 20.3. The summed E-state index contributed by atoms with van der Waals surface area (Å²) in [5, 5.41) is 12.7. The number of hydrogen-bond donors (Lipinski definition) is 2. The molecule has 2 aromatic rings. The molecule has 0 atom stereocenters. The van der Waals surface area contributed by atoms with Gasteiger partial charge in [-0.2, -0.15) is 4.31 Å². The summed E-state index contributed by atoms with van der Waals surface area (Å²) in [6, 6.07) is 9.41. The van der Waals surface area contributed by atoms with Gasteiger partial charge in [-0.05, 0) is 61.2 Å². The summed E-state index contributed by atoms with van der Waals surface area (Å²) in [4.78, 5) is 28.3. The maximum Gasteiger partial charge on any atom is 0.573 e. The molecule has 2 aromatic carbocycles. The number of hydrogen-bond acceptors (Lipinski definition) is 6. The summed E-state index contributed by atoms with van der Waals surface area (Å²) < 4.78 is 68.5. The third kappa shape index (κ3) is 5.83. The fourth-order valence-corrected chi connectivity index (χ4v) is 5.37. The van der Waals surface area contributed by atoms with Crippen molar-refractivity contribution in [2.45, 2.75) is 31.7 Å². The molecule has 2 aliphatic heterocycles. The van der Waals surface area contributed by atoms with Gasteiger partial charge in [-0.15, -0.1) is 13.2 Å². The molecule has 13 heteroatoms. The maximum absolute atomic E-state index is 12.9. The number of aliphatic imine (C=N–C) groups is 1. The Morgan fingerprint density at radius 2 is 1.89 bits per heavy atom. The molecule has 0 saturated carbocycles. The van der Waals surface area contributed by atoms with E-state index in [0.717, 1.165) is 17.5 Å². The van der Waals surface area contributed by atoms with Gasteiger partial charge in [0.1, 0.15) is 17.1 Å². The highest BCUT2D eigenvalue weighted by molar-refractivity contribution is 7.92. The van der Waals surface area contributed by atoms with Gasteiger partial charge in [-0.1, -0.05) is 18.2 Å². The molecule has 0 aromatic heterocycles. The normalized spacial score (nSPS) is 18.2. The molecule has 37 heavy (non-hydrogen) atoms. The Morgan fingerprint density at radius 3 is 2.51 bits per heavy atom. The number of aryl methyl sites for hydroxylation is 1. The summed E-state index contributed by atoms with van der Waals surface area (Å²) in [5.74, 6) is -1.90. The molecule has 9 nitrogen and oxygen atoms in total. The summed E-state index contributed by atoms with van der Waals surface area (Å²) in [6.45, 7) is 1.68. The summed E-state index contributed by atoms with van der Waals surface area (Å²) >= 11 is 0. The predicted octanol–water partition coefficient (Wildman–Crippen LogP) is 3.30. The third-order valence-electron chi connectivity index (χ3n) is 6.17. The quantitative estimate of drug-likeness (QED) is 0.583. The van der Waals surface area contributed by atoms with Gasteiger partial charge in [0.05, 0.1) is 5.56 Å². The van der Waals surface area contributed by atoms with Crippen LogP contribution in [0.1, 0.15) is 39.9 Å². The topological polar surface area (TPSA) is 125 Å². The van der Waals surface area contributed by atoms with E-state index in [9.17, 15) is 31.2 Å². The van der Waals surface area contributed by atoms with Crippen LogP contribution in [0.2, 0.25) is 0 Å². The monoisotopic (exact) mass is 537 g/mol. The molecule has 2 N–H and O–H groups in total. The number of carbonyl (C=O) groups excluding carboxylic acids is 1. The summed E-state index contributed by atoms with van der Waals surface area (Å²) in [7, 11) is -3.84.